The molecule has 0 radical (unpaired) electrons. The molecule has 0 aromatic heterocycles. The number of fused-ring (bicyclic) bond motifs is 1. The van der Waals surface area contributed by atoms with Crippen LogP contribution in [0.3, 0.4) is 0 Å². The number of rotatable bonds is 3. The van der Waals surface area contributed by atoms with E-state index in [1.54, 1.807) is 0 Å². The quantitative estimate of drug-likeness (QED) is 0.818. The summed E-state index contributed by atoms with van der Waals surface area (Å²) in [5.74, 6) is 0.649. The first-order valence-electron chi connectivity index (χ1n) is 7.36. The molecule has 1 unspecified atom stereocenters. The van der Waals surface area contributed by atoms with Crippen LogP contribution in [0.4, 0.5) is 0 Å². The van der Waals surface area contributed by atoms with E-state index in [9.17, 15) is 4.79 Å². The van der Waals surface area contributed by atoms with Gasteiger partial charge in [-0.05, 0) is 38.1 Å². The summed E-state index contributed by atoms with van der Waals surface area (Å²) in [5, 5.41) is 0. The molecular formula is C14H27N3O. The average Bonchev–Trinajstić information content (AvgIpc) is 2.64. The number of nitrogens with two attached hydrogens (primary N) is 1. The van der Waals surface area contributed by atoms with Crippen LogP contribution in [0.2, 0.25) is 0 Å². The van der Waals surface area contributed by atoms with Crippen LogP contribution in [0.25, 0.3) is 0 Å². The topological polar surface area (TPSA) is 49.6 Å². The molecule has 104 valence electrons. The van der Waals surface area contributed by atoms with Gasteiger partial charge < -0.3 is 10.6 Å². The Labute approximate surface area is 110 Å². The molecular weight excluding hydrogens is 226 g/mol. The normalized spacial score (nSPS) is 27.1. The predicted octanol–water partition coefficient (Wildman–Crippen LogP) is 1.06. The minimum Gasteiger partial charge on any atom is -0.340 e. The molecule has 0 aromatic rings. The van der Waals surface area contributed by atoms with Crippen molar-refractivity contribution in [3.63, 3.8) is 0 Å². The summed E-state index contributed by atoms with van der Waals surface area (Å²) in [4.78, 5) is 16.9. The lowest BCUT2D eigenvalue weighted by Gasteiger charge is -2.28. The van der Waals surface area contributed by atoms with Crippen molar-refractivity contribution in [1.29, 1.82) is 0 Å². The number of hydrogen-bond acceptors (Lipinski definition) is 3. The maximum Gasteiger partial charge on any atom is 0.239 e. The van der Waals surface area contributed by atoms with Crippen LogP contribution in [-0.2, 0) is 4.79 Å². The Morgan fingerprint density at radius 2 is 2.00 bits per heavy atom. The molecule has 0 aromatic carbocycles. The minimum absolute atomic E-state index is 0.164. The fraction of sp³-hybridized carbons (Fsp3) is 0.929. The molecule has 2 saturated heterocycles. The van der Waals surface area contributed by atoms with E-state index in [4.69, 9.17) is 5.73 Å². The zero-order valence-corrected chi connectivity index (χ0v) is 11.8. The minimum atomic E-state index is -0.307. The Balaban J connectivity index is 1.93. The van der Waals surface area contributed by atoms with Crippen molar-refractivity contribution in [2.75, 3.05) is 26.2 Å². The molecule has 2 atom stereocenters. The van der Waals surface area contributed by atoms with Crippen LogP contribution >= 0.6 is 0 Å². The van der Waals surface area contributed by atoms with Gasteiger partial charge in [-0.2, -0.15) is 0 Å². The molecule has 0 saturated carbocycles. The first-order valence-corrected chi connectivity index (χ1v) is 7.36. The fourth-order valence-electron chi connectivity index (χ4n) is 3.25. The maximum absolute atomic E-state index is 12.4. The Morgan fingerprint density at radius 3 is 2.72 bits per heavy atom. The Kier molecular flexibility index (Phi) is 4.62. The molecule has 2 heterocycles. The molecule has 2 rings (SSSR count). The van der Waals surface area contributed by atoms with E-state index in [0.29, 0.717) is 12.0 Å². The number of carbonyl (C=O) groups is 1. The Bertz CT molecular complexity index is 293. The van der Waals surface area contributed by atoms with E-state index < -0.39 is 0 Å². The third-order valence-electron chi connectivity index (χ3n) is 4.16. The van der Waals surface area contributed by atoms with Gasteiger partial charge in [0.2, 0.25) is 5.91 Å². The van der Waals surface area contributed by atoms with Gasteiger partial charge in [0.25, 0.3) is 0 Å². The van der Waals surface area contributed by atoms with Gasteiger partial charge in [-0.15, -0.1) is 0 Å². The van der Waals surface area contributed by atoms with E-state index >= 15 is 0 Å². The zero-order valence-electron chi connectivity index (χ0n) is 11.8. The fourth-order valence-corrected chi connectivity index (χ4v) is 3.25. The number of carbonyl (C=O) groups excluding carboxylic acids is 1. The van der Waals surface area contributed by atoms with E-state index in [-0.39, 0.29) is 11.9 Å². The SMILES string of the molecule is CC(C)C[C@H](N)C(=O)N1CCCN2CCCC2C1. The molecule has 4 nitrogen and oxygen atoms in total. The van der Waals surface area contributed by atoms with Gasteiger partial charge in [0.05, 0.1) is 6.04 Å². The van der Waals surface area contributed by atoms with Gasteiger partial charge in [0, 0.05) is 25.7 Å². The lowest BCUT2D eigenvalue weighted by molar-refractivity contribution is -0.133. The van der Waals surface area contributed by atoms with Crippen molar-refractivity contribution in [2.24, 2.45) is 11.7 Å². The van der Waals surface area contributed by atoms with Crippen LogP contribution in [0, 0.1) is 5.92 Å². The smallest absolute Gasteiger partial charge is 0.239 e. The van der Waals surface area contributed by atoms with Crippen molar-refractivity contribution in [2.45, 2.75) is 51.6 Å². The van der Waals surface area contributed by atoms with Crippen LogP contribution in [0.15, 0.2) is 0 Å². The summed E-state index contributed by atoms with van der Waals surface area (Å²) in [6.45, 7) is 8.38. The molecule has 2 N–H and O–H groups in total. The van der Waals surface area contributed by atoms with E-state index in [1.807, 2.05) is 4.90 Å². The molecule has 2 fully saturated rings. The predicted molar refractivity (Wildman–Crippen MR) is 73.2 cm³/mol. The highest BCUT2D eigenvalue weighted by Crippen LogP contribution is 2.21. The summed E-state index contributed by atoms with van der Waals surface area (Å²) in [5.41, 5.74) is 6.03. The van der Waals surface area contributed by atoms with Crippen LogP contribution in [0.5, 0.6) is 0 Å². The molecule has 2 aliphatic rings. The first kappa shape index (κ1) is 13.8. The Morgan fingerprint density at radius 1 is 1.28 bits per heavy atom. The molecule has 0 bridgehead atoms. The second kappa shape index (κ2) is 6.02. The number of hydrogen-bond donors (Lipinski definition) is 1. The summed E-state index contributed by atoms with van der Waals surface area (Å²) < 4.78 is 0. The molecule has 0 spiro atoms. The van der Waals surface area contributed by atoms with Gasteiger partial charge in [-0.25, -0.2) is 0 Å². The van der Waals surface area contributed by atoms with Gasteiger partial charge >= 0.3 is 0 Å². The number of amides is 1. The largest absolute Gasteiger partial charge is 0.340 e. The third kappa shape index (κ3) is 3.23. The summed E-state index contributed by atoms with van der Waals surface area (Å²) in [6.07, 6.45) is 4.41. The second-order valence-corrected chi connectivity index (χ2v) is 6.21. The standard InChI is InChI=1S/C14H27N3O/c1-11(2)9-13(15)14(18)17-8-4-7-16-6-3-5-12(16)10-17/h11-13H,3-10,15H2,1-2H3/t12?,13-/m0/s1. The van der Waals surface area contributed by atoms with Gasteiger partial charge in [-0.1, -0.05) is 13.8 Å². The highest BCUT2D eigenvalue weighted by molar-refractivity contribution is 5.81. The van der Waals surface area contributed by atoms with E-state index in [2.05, 4.69) is 18.7 Å². The molecule has 4 heteroatoms. The van der Waals surface area contributed by atoms with Crippen molar-refractivity contribution in [3.8, 4) is 0 Å². The molecule has 18 heavy (non-hydrogen) atoms. The van der Waals surface area contributed by atoms with Gasteiger partial charge in [-0.3, -0.25) is 9.69 Å². The van der Waals surface area contributed by atoms with Crippen molar-refractivity contribution < 1.29 is 4.79 Å². The van der Waals surface area contributed by atoms with Crippen molar-refractivity contribution in [3.05, 3.63) is 0 Å². The van der Waals surface area contributed by atoms with E-state index in [1.165, 1.54) is 19.4 Å². The van der Waals surface area contributed by atoms with Crippen LogP contribution < -0.4 is 5.73 Å². The lowest BCUT2D eigenvalue weighted by Crippen LogP contribution is -2.47. The number of nitrogens with zero attached hydrogens (tertiary/aromatic N) is 2. The summed E-state index contributed by atoms with van der Waals surface area (Å²) in [7, 11) is 0. The second-order valence-electron chi connectivity index (χ2n) is 6.21. The van der Waals surface area contributed by atoms with Gasteiger partial charge in [0.15, 0.2) is 0 Å². The van der Waals surface area contributed by atoms with Crippen molar-refractivity contribution in [1.82, 2.24) is 9.80 Å². The van der Waals surface area contributed by atoms with Gasteiger partial charge in [0.1, 0.15) is 0 Å². The first-order chi connectivity index (χ1) is 8.58. The van der Waals surface area contributed by atoms with E-state index in [0.717, 1.165) is 32.5 Å². The third-order valence-corrected chi connectivity index (χ3v) is 4.16. The van der Waals surface area contributed by atoms with Crippen LogP contribution in [-0.4, -0.2) is 54.0 Å². The average molecular weight is 253 g/mol. The molecule has 2 aliphatic heterocycles. The lowest BCUT2D eigenvalue weighted by atomic mass is 10.0. The summed E-state index contributed by atoms with van der Waals surface area (Å²) >= 11 is 0. The Hall–Kier alpha value is -0.610. The monoisotopic (exact) mass is 253 g/mol. The summed E-state index contributed by atoms with van der Waals surface area (Å²) in [6, 6.07) is 0.278. The maximum atomic E-state index is 12.4. The van der Waals surface area contributed by atoms with Crippen molar-refractivity contribution >= 4 is 5.91 Å². The highest BCUT2D eigenvalue weighted by atomic mass is 16.2. The molecule has 1 amide bonds. The zero-order chi connectivity index (χ0) is 13.1. The molecule has 0 aliphatic carbocycles. The highest BCUT2D eigenvalue weighted by Gasteiger charge is 2.32. The van der Waals surface area contributed by atoms with Crippen LogP contribution in [0.1, 0.15) is 39.5 Å².